The highest BCUT2D eigenvalue weighted by molar-refractivity contribution is 5.94. The molecule has 0 bridgehead atoms. The first-order chi connectivity index (χ1) is 23.7. The van der Waals surface area contributed by atoms with Crippen molar-refractivity contribution in [3.8, 4) is 16.9 Å². The van der Waals surface area contributed by atoms with E-state index in [0.717, 1.165) is 48.1 Å². The Bertz CT molecular complexity index is 1660. The second-order valence-corrected chi connectivity index (χ2v) is 16.3. The molecule has 10 heteroatoms. The Morgan fingerprint density at radius 3 is 2.32 bits per heavy atom. The van der Waals surface area contributed by atoms with Crippen molar-refractivity contribution in [1.29, 1.82) is 0 Å². The average molecular weight is 686 g/mol. The van der Waals surface area contributed by atoms with Crippen molar-refractivity contribution in [1.82, 2.24) is 19.7 Å². The minimum Gasteiger partial charge on any atom is -0.496 e. The Balaban J connectivity index is 1.16. The minimum absolute atomic E-state index is 0.102. The lowest BCUT2D eigenvalue weighted by Gasteiger charge is -2.51. The van der Waals surface area contributed by atoms with Crippen molar-refractivity contribution in [2.45, 2.75) is 122 Å². The summed E-state index contributed by atoms with van der Waals surface area (Å²) in [5.41, 5.74) is 3.74. The largest absolute Gasteiger partial charge is 0.496 e. The number of carbonyl (C=O) groups excluding carboxylic acids is 2. The number of aryl methyl sites for hydroxylation is 1. The smallest absolute Gasteiger partial charge is 0.410 e. The molecule has 2 amide bonds. The molecule has 3 aromatic rings. The summed E-state index contributed by atoms with van der Waals surface area (Å²) in [6, 6.07) is 10.6. The van der Waals surface area contributed by atoms with E-state index in [-0.39, 0.29) is 29.6 Å². The molecule has 1 aliphatic heterocycles. The van der Waals surface area contributed by atoms with Crippen LogP contribution in [-0.4, -0.2) is 74.7 Å². The number of amides is 2. The van der Waals surface area contributed by atoms with Gasteiger partial charge in [-0.15, -0.1) is 0 Å². The summed E-state index contributed by atoms with van der Waals surface area (Å²) in [4.78, 5) is 35.6. The van der Waals surface area contributed by atoms with Gasteiger partial charge in [0.2, 0.25) is 5.91 Å². The topological polar surface area (TPSA) is 110 Å². The number of methoxy groups -OCH3 is 1. The highest BCUT2D eigenvalue weighted by Gasteiger charge is 2.49. The number of pyridine rings is 1. The van der Waals surface area contributed by atoms with E-state index in [1.54, 1.807) is 18.2 Å². The Morgan fingerprint density at radius 2 is 1.72 bits per heavy atom. The van der Waals surface area contributed by atoms with Crippen molar-refractivity contribution in [3.05, 3.63) is 60.0 Å². The number of nitrogens with zero attached hydrogens (tertiary/aromatic N) is 5. The lowest BCUT2D eigenvalue weighted by atomic mass is 9.78. The zero-order valence-electron chi connectivity index (χ0n) is 30.9. The lowest BCUT2D eigenvalue weighted by Crippen LogP contribution is -2.69. The predicted octanol–water partition coefficient (Wildman–Crippen LogP) is 7.47. The monoisotopic (exact) mass is 685 g/mol. The summed E-state index contributed by atoms with van der Waals surface area (Å²) < 4.78 is 13.3. The molecule has 1 N–H and O–H groups in total. The summed E-state index contributed by atoms with van der Waals surface area (Å²) in [6.07, 6.45) is 11.4. The number of hydrogen-bond donors (Lipinski definition) is 1. The number of hydrogen-bond acceptors (Lipinski definition) is 7. The van der Waals surface area contributed by atoms with Crippen LogP contribution in [-0.2, 0) is 15.1 Å². The molecule has 1 unspecified atom stereocenters. The maximum Gasteiger partial charge on any atom is 0.410 e. The molecular formula is C40H55N5O5. The number of anilines is 1. The van der Waals surface area contributed by atoms with Crippen LogP contribution in [0.3, 0.4) is 0 Å². The first-order valence-corrected chi connectivity index (χ1v) is 18.4. The Morgan fingerprint density at radius 1 is 1.00 bits per heavy atom. The van der Waals surface area contributed by atoms with Gasteiger partial charge >= 0.3 is 6.09 Å². The second-order valence-electron chi connectivity index (χ2n) is 16.3. The number of aromatic nitrogens is 3. The van der Waals surface area contributed by atoms with E-state index < -0.39 is 11.6 Å². The standard InChI is InChI=1S/C40H55N5O5/c1-26-20-30(14-17-34(26)49-7)28-10-8-27(9-11-28)23-43(36-21-31(18-19-41-36)32-22-42-45(24-32)39(2,3)4)37(47)29-12-15-33(16-13-29)50-38(48)44-25-35(46)40(44,5)6/h14,17-22,24,27-29,33,35,46H,8-13,15-16,23,25H2,1-7H3. The van der Waals surface area contributed by atoms with E-state index in [2.05, 4.69) is 57.2 Å². The summed E-state index contributed by atoms with van der Waals surface area (Å²) in [5, 5.41) is 14.7. The van der Waals surface area contributed by atoms with Crippen LogP contribution in [0.25, 0.3) is 11.1 Å². The van der Waals surface area contributed by atoms with Crippen LogP contribution in [0.4, 0.5) is 10.6 Å². The highest BCUT2D eigenvalue weighted by Crippen LogP contribution is 2.39. The van der Waals surface area contributed by atoms with Gasteiger partial charge in [-0.3, -0.25) is 19.3 Å². The number of likely N-dealkylation sites (tertiary alicyclic amines) is 1. The fourth-order valence-corrected chi connectivity index (χ4v) is 7.84. The molecule has 3 heterocycles. The maximum absolute atomic E-state index is 14.5. The third-order valence-corrected chi connectivity index (χ3v) is 11.4. The third-order valence-electron chi connectivity index (χ3n) is 11.4. The summed E-state index contributed by atoms with van der Waals surface area (Å²) >= 11 is 0. The Hall–Kier alpha value is -3.92. The first-order valence-electron chi connectivity index (χ1n) is 18.4. The second kappa shape index (κ2) is 14.4. The van der Waals surface area contributed by atoms with Crippen LogP contribution >= 0.6 is 0 Å². The molecule has 50 heavy (non-hydrogen) atoms. The molecule has 270 valence electrons. The van der Waals surface area contributed by atoms with E-state index in [1.165, 1.54) is 5.56 Å². The lowest BCUT2D eigenvalue weighted by molar-refractivity contribution is -0.125. The van der Waals surface area contributed by atoms with Crippen LogP contribution in [0.15, 0.2) is 48.9 Å². The van der Waals surface area contributed by atoms with E-state index in [9.17, 15) is 14.7 Å². The third kappa shape index (κ3) is 7.55. The van der Waals surface area contributed by atoms with Gasteiger partial charge in [0.1, 0.15) is 17.7 Å². The number of benzene rings is 1. The van der Waals surface area contributed by atoms with Crippen LogP contribution in [0, 0.1) is 18.8 Å². The number of β-amino-alcohol motifs (C(OH)–C–C–N with tert-alkyl or cyclic N) is 1. The molecule has 3 aliphatic rings. The predicted molar refractivity (Wildman–Crippen MR) is 194 cm³/mol. The molecule has 6 rings (SSSR count). The zero-order valence-corrected chi connectivity index (χ0v) is 30.9. The van der Waals surface area contributed by atoms with Crippen molar-refractivity contribution < 1.29 is 24.2 Å². The van der Waals surface area contributed by atoms with Gasteiger partial charge in [0, 0.05) is 30.4 Å². The van der Waals surface area contributed by atoms with Gasteiger partial charge in [0.25, 0.3) is 0 Å². The fourth-order valence-electron chi connectivity index (χ4n) is 7.84. The minimum atomic E-state index is -0.621. The first kappa shape index (κ1) is 35.9. The van der Waals surface area contributed by atoms with E-state index >= 15 is 0 Å². The Labute approximate surface area is 297 Å². The van der Waals surface area contributed by atoms with Gasteiger partial charge in [0.15, 0.2) is 0 Å². The number of ether oxygens (including phenoxy) is 2. The van der Waals surface area contributed by atoms with E-state index in [1.807, 2.05) is 41.8 Å². The molecule has 1 saturated heterocycles. The molecule has 2 aliphatic carbocycles. The SMILES string of the molecule is COc1ccc(C2CCC(CN(C(=O)C3CCC(OC(=O)N4CC(O)C4(C)C)CC3)c3cc(-c4cnn(C(C)(C)C)c4)ccn3)CC2)cc1C. The van der Waals surface area contributed by atoms with Crippen LogP contribution in [0.1, 0.15) is 103 Å². The molecule has 2 saturated carbocycles. The molecule has 10 nitrogen and oxygen atoms in total. The molecule has 3 fully saturated rings. The summed E-state index contributed by atoms with van der Waals surface area (Å²) in [7, 11) is 1.71. The van der Waals surface area contributed by atoms with E-state index in [4.69, 9.17) is 14.5 Å². The zero-order chi connectivity index (χ0) is 35.8. The fraction of sp³-hybridized carbons (Fsp3) is 0.600. The molecule has 0 spiro atoms. The van der Waals surface area contributed by atoms with E-state index in [0.29, 0.717) is 56.4 Å². The van der Waals surface area contributed by atoms with Gasteiger partial charge in [-0.1, -0.05) is 12.1 Å². The summed E-state index contributed by atoms with van der Waals surface area (Å²) in [6.45, 7) is 13.1. The van der Waals surface area contributed by atoms with Crippen molar-refractivity contribution in [3.63, 3.8) is 0 Å². The van der Waals surface area contributed by atoms with Gasteiger partial charge in [-0.05, 0) is 140 Å². The maximum atomic E-state index is 14.5. The highest BCUT2D eigenvalue weighted by atomic mass is 16.6. The quantitative estimate of drug-likeness (QED) is 0.262. The average Bonchev–Trinajstić information content (AvgIpc) is 3.62. The van der Waals surface area contributed by atoms with Gasteiger partial charge in [-0.25, -0.2) is 9.78 Å². The van der Waals surface area contributed by atoms with Crippen molar-refractivity contribution >= 4 is 17.8 Å². The van der Waals surface area contributed by atoms with Gasteiger partial charge in [0.05, 0.1) is 37.0 Å². The molecular weight excluding hydrogens is 630 g/mol. The van der Waals surface area contributed by atoms with Gasteiger partial charge < -0.3 is 14.6 Å². The molecule has 1 aromatic carbocycles. The normalized spacial score (nSPS) is 25.0. The summed E-state index contributed by atoms with van der Waals surface area (Å²) in [5.74, 6) is 2.41. The van der Waals surface area contributed by atoms with Crippen molar-refractivity contribution in [2.75, 3.05) is 25.1 Å². The molecule has 1 atom stereocenters. The Kier molecular flexibility index (Phi) is 10.3. The number of aliphatic hydroxyl groups is 1. The number of rotatable bonds is 8. The molecule has 0 radical (unpaired) electrons. The molecule has 2 aromatic heterocycles. The van der Waals surface area contributed by atoms with Crippen molar-refractivity contribution in [2.24, 2.45) is 11.8 Å². The van der Waals surface area contributed by atoms with Gasteiger partial charge in [-0.2, -0.15) is 5.10 Å². The number of carbonyl (C=O) groups is 2. The van der Waals surface area contributed by atoms with Crippen LogP contribution in [0.5, 0.6) is 5.75 Å². The van der Waals surface area contributed by atoms with Crippen LogP contribution in [0.2, 0.25) is 0 Å². The number of aliphatic hydroxyl groups excluding tert-OH is 1. The van der Waals surface area contributed by atoms with Crippen LogP contribution < -0.4 is 9.64 Å².